The summed E-state index contributed by atoms with van der Waals surface area (Å²) in [6.45, 7) is 3.65. The van der Waals surface area contributed by atoms with Gasteiger partial charge in [0.2, 0.25) is 0 Å². The van der Waals surface area contributed by atoms with Crippen LogP contribution in [0.15, 0.2) is 0 Å². The third-order valence-electron chi connectivity index (χ3n) is 4.48. The summed E-state index contributed by atoms with van der Waals surface area (Å²) in [7, 11) is 0. The van der Waals surface area contributed by atoms with Crippen molar-refractivity contribution < 1.29 is 5.11 Å². The maximum atomic E-state index is 9.03. The van der Waals surface area contributed by atoms with Crippen molar-refractivity contribution in [2.75, 3.05) is 26.2 Å². The van der Waals surface area contributed by atoms with Gasteiger partial charge in [-0.25, -0.2) is 0 Å². The highest BCUT2D eigenvalue weighted by Crippen LogP contribution is 2.32. The second-order valence-electron chi connectivity index (χ2n) is 5.51. The minimum Gasteiger partial charge on any atom is -0.396 e. The summed E-state index contributed by atoms with van der Waals surface area (Å²) >= 11 is 0. The molecule has 3 heteroatoms. The van der Waals surface area contributed by atoms with E-state index in [0.29, 0.717) is 6.61 Å². The Kier molecular flexibility index (Phi) is 4.62. The molecule has 1 saturated carbocycles. The van der Waals surface area contributed by atoms with Crippen molar-refractivity contribution in [1.29, 1.82) is 0 Å². The Bertz CT molecular complexity index is 208. The van der Waals surface area contributed by atoms with Crippen molar-refractivity contribution in [1.82, 2.24) is 4.90 Å². The van der Waals surface area contributed by atoms with Gasteiger partial charge in [0.1, 0.15) is 0 Å². The smallest absolute Gasteiger partial charge is 0.0434 e. The van der Waals surface area contributed by atoms with Crippen molar-refractivity contribution >= 4 is 0 Å². The van der Waals surface area contributed by atoms with E-state index in [1.807, 2.05) is 0 Å². The molecule has 2 fully saturated rings. The lowest BCUT2D eigenvalue weighted by atomic mass is 9.92. The molecule has 0 aromatic heterocycles. The minimum absolute atomic E-state index is 0.351. The second kappa shape index (κ2) is 5.99. The van der Waals surface area contributed by atoms with Gasteiger partial charge in [-0.15, -0.1) is 0 Å². The van der Waals surface area contributed by atoms with E-state index in [4.69, 9.17) is 10.8 Å². The molecule has 16 heavy (non-hydrogen) atoms. The van der Waals surface area contributed by atoms with E-state index in [0.717, 1.165) is 30.8 Å². The van der Waals surface area contributed by atoms with Crippen molar-refractivity contribution in [2.24, 2.45) is 17.6 Å². The minimum atomic E-state index is 0.351. The predicted molar refractivity (Wildman–Crippen MR) is 66.2 cm³/mol. The van der Waals surface area contributed by atoms with E-state index in [1.165, 1.54) is 45.2 Å². The zero-order valence-electron chi connectivity index (χ0n) is 10.3. The Morgan fingerprint density at radius 3 is 2.81 bits per heavy atom. The molecule has 3 nitrogen and oxygen atoms in total. The number of hydrogen-bond donors (Lipinski definition) is 2. The number of hydrogen-bond acceptors (Lipinski definition) is 3. The van der Waals surface area contributed by atoms with E-state index in [9.17, 15) is 0 Å². The molecule has 0 aromatic carbocycles. The monoisotopic (exact) mass is 226 g/mol. The SMILES string of the molecule is NCC1CCCC1N1CCCC(CCO)C1. The normalized spacial score (nSPS) is 36.8. The van der Waals surface area contributed by atoms with Crippen LogP contribution >= 0.6 is 0 Å². The van der Waals surface area contributed by atoms with Crippen LogP contribution in [-0.4, -0.2) is 42.3 Å². The standard InChI is InChI=1S/C13H26N2O/c14-9-12-4-1-5-13(12)15-7-2-3-11(10-15)6-8-16/h11-13,16H,1-10,14H2. The largest absolute Gasteiger partial charge is 0.396 e. The van der Waals surface area contributed by atoms with Crippen LogP contribution in [0, 0.1) is 11.8 Å². The fourth-order valence-corrected chi connectivity index (χ4v) is 3.59. The summed E-state index contributed by atoms with van der Waals surface area (Å²) in [4.78, 5) is 2.66. The molecular weight excluding hydrogens is 200 g/mol. The molecule has 0 amide bonds. The Balaban J connectivity index is 1.88. The lowest BCUT2D eigenvalue weighted by molar-refractivity contribution is 0.0898. The van der Waals surface area contributed by atoms with Crippen molar-refractivity contribution in [3.63, 3.8) is 0 Å². The Morgan fingerprint density at radius 2 is 2.06 bits per heavy atom. The topological polar surface area (TPSA) is 49.5 Å². The highest BCUT2D eigenvalue weighted by atomic mass is 16.3. The first-order chi connectivity index (χ1) is 7.85. The van der Waals surface area contributed by atoms with Crippen LogP contribution in [0.2, 0.25) is 0 Å². The molecule has 2 rings (SSSR count). The Labute approximate surface area is 99.0 Å². The fourth-order valence-electron chi connectivity index (χ4n) is 3.59. The van der Waals surface area contributed by atoms with Gasteiger partial charge in [0.25, 0.3) is 0 Å². The molecule has 0 bridgehead atoms. The molecule has 2 aliphatic rings. The summed E-state index contributed by atoms with van der Waals surface area (Å²) in [5.41, 5.74) is 5.86. The van der Waals surface area contributed by atoms with Crippen molar-refractivity contribution in [3.8, 4) is 0 Å². The number of nitrogens with two attached hydrogens (primary N) is 1. The lowest BCUT2D eigenvalue weighted by Crippen LogP contribution is -2.46. The van der Waals surface area contributed by atoms with Crippen molar-refractivity contribution in [2.45, 2.75) is 44.6 Å². The number of aliphatic hydroxyl groups is 1. The molecule has 94 valence electrons. The van der Waals surface area contributed by atoms with Gasteiger partial charge in [-0.2, -0.15) is 0 Å². The average Bonchev–Trinajstić information content (AvgIpc) is 2.78. The summed E-state index contributed by atoms with van der Waals surface area (Å²) in [6, 6.07) is 0.742. The van der Waals surface area contributed by atoms with Gasteiger partial charge in [0, 0.05) is 19.2 Å². The summed E-state index contributed by atoms with van der Waals surface area (Å²) < 4.78 is 0. The lowest BCUT2D eigenvalue weighted by Gasteiger charge is -2.39. The predicted octanol–water partition coefficient (Wildman–Crippen LogP) is 1.21. The fraction of sp³-hybridized carbons (Fsp3) is 1.00. The van der Waals surface area contributed by atoms with Crippen LogP contribution in [0.5, 0.6) is 0 Å². The third kappa shape index (κ3) is 2.76. The van der Waals surface area contributed by atoms with E-state index in [1.54, 1.807) is 0 Å². The summed E-state index contributed by atoms with van der Waals surface area (Å²) in [5, 5.41) is 9.03. The zero-order valence-corrected chi connectivity index (χ0v) is 10.3. The molecule has 0 spiro atoms. The van der Waals surface area contributed by atoms with Gasteiger partial charge in [-0.3, -0.25) is 4.90 Å². The van der Waals surface area contributed by atoms with Gasteiger partial charge >= 0.3 is 0 Å². The van der Waals surface area contributed by atoms with Crippen LogP contribution in [0.1, 0.15) is 38.5 Å². The first-order valence-electron chi connectivity index (χ1n) is 6.90. The Morgan fingerprint density at radius 1 is 1.19 bits per heavy atom. The molecule has 1 saturated heterocycles. The van der Waals surface area contributed by atoms with Crippen LogP contribution in [0.4, 0.5) is 0 Å². The summed E-state index contributed by atoms with van der Waals surface area (Å²) in [6.07, 6.45) is 7.61. The number of piperidine rings is 1. The quantitative estimate of drug-likeness (QED) is 0.757. The maximum absolute atomic E-state index is 9.03. The summed E-state index contributed by atoms with van der Waals surface area (Å²) in [5.74, 6) is 1.45. The maximum Gasteiger partial charge on any atom is 0.0434 e. The van der Waals surface area contributed by atoms with E-state index < -0.39 is 0 Å². The van der Waals surface area contributed by atoms with Gasteiger partial charge in [0.05, 0.1) is 0 Å². The third-order valence-corrected chi connectivity index (χ3v) is 4.48. The van der Waals surface area contributed by atoms with Gasteiger partial charge in [-0.05, 0) is 57.0 Å². The van der Waals surface area contributed by atoms with Crippen LogP contribution < -0.4 is 5.73 Å². The average molecular weight is 226 g/mol. The van der Waals surface area contributed by atoms with Gasteiger partial charge in [-0.1, -0.05) is 6.42 Å². The van der Waals surface area contributed by atoms with Crippen LogP contribution in [0.25, 0.3) is 0 Å². The number of nitrogens with zero attached hydrogens (tertiary/aromatic N) is 1. The highest BCUT2D eigenvalue weighted by molar-refractivity contribution is 4.88. The molecule has 0 radical (unpaired) electrons. The first-order valence-corrected chi connectivity index (χ1v) is 6.90. The zero-order chi connectivity index (χ0) is 11.4. The van der Waals surface area contributed by atoms with Crippen LogP contribution in [0.3, 0.4) is 0 Å². The molecule has 1 aliphatic heterocycles. The number of rotatable bonds is 4. The molecule has 3 atom stereocenters. The number of likely N-dealkylation sites (tertiary alicyclic amines) is 1. The molecular formula is C13H26N2O. The van der Waals surface area contributed by atoms with Crippen molar-refractivity contribution in [3.05, 3.63) is 0 Å². The molecule has 1 heterocycles. The molecule has 3 unspecified atom stereocenters. The van der Waals surface area contributed by atoms with Gasteiger partial charge < -0.3 is 10.8 Å². The number of aliphatic hydroxyl groups excluding tert-OH is 1. The van der Waals surface area contributed by atoms with E-state index in [-0.39, 0.29) is 0 Å². The second-order valence-corrected chi connectivity index (χ2v) is 5.51. The highest BCUT2D eigenvalue weighted by Gasteiger charge is 2.33. The van der Waals surface area contributed by atoms with E-state index >= 15 is 0 Å². The molecule has 1 aliphatic carbocycles. The Hall–Kier alpha value is -0.120. The van der Waals surface area contributed by atoms with E-state index in [2.05, 4.69) is 4.90 Å². The molecule has 3 N–H and O–H groups in total. The van der Waals surface area contributed by atoms with Gasteiger partial charge in [0.15, 0.2) is 0 Å². The molecule has 0 aromatic rings. The first kappa shape index (κ1) is 12.3. The van der Waals surface area contributed by atoms with Crippen LogP contribution in [-0.2, 0) is 0 Å².